The minimum absolute atomic E-state index is 0.188. The Bertz CT molecular complexity index is 814. The van der Waals surface area contributed by atoms with Crippen LogP contribution in [0.25, 0.3) is 10.2 Å². The Morgan fingerprint density at radius 1 is 1.48 bits per heavy atom. The van der Waals surface area contributed by atoms with Crippen LogP contribution in [0.1, 0.15) is 12.5 Å². The Balaban J connectivity index is 2.03. The lowest BCUT2D eigenvalue weighted by Crippen LogP contribution is -2.41. The highest BCUT2D eigenvalue weighted by molar-refractivity contribution is 7.22. The number of rotatable bonds is 1. The van der Waals surface area contributed by atoms with E-state index in [0.29, 0.717) is 5.82 Å². The molecule has 0 aliphatic carbocycles. The summed E-state index contributed by atoms with van der Waals surface area (Å²) in [5.41, 5.74) is 0.810. The molecule has 1 fully saturated rings. The van der Waals surface area contributed by atoms with Gasteiger partial charge in [-0.3, -0.25) is 4.79 Å². The first kappa shape index (κ1) is 13.5. The van der Waals surface area contributed by atoms with Gasteiger partial charge in [0, 0.05) is 12.6 Å². The van der Waals surface area contributed by atoms with E-state index < -0.39 is 5.54 Å². The monoisotopic (exact) mass is 298 g/mol. The molecule has 0 spiro atoms. The number of carbonyl (C=O) groups is 1. The summed E-state index contributed by atoms with van der Waals surface area (Å²) in [6.45, 7) is 5.43. The van der Waals surface area contributed by atoms with E-state index in [1.807, 2.05) is 25.2 Å². The first-order valence-corrected chi connectivity index (χ1v) is 7.22. The molecule has 21 heavy (non-hydrogen) atoms. The maximum absolute atomic E-state index is 11.9. The molecule has 1 aromatic carbocycles. The molecule has 6 heteroatoms. The van der Waals surface area contributed by atoms with Crippen molar-refractivity contribution in [2.24, 2.45) is 0 Å². The van der Waals surface area contributed by atoms with Crippen molar-refractivity contribution in [3.63, 3.8) is 0 Å². The van der Waals surface area contributed by atoms with Crippen LogP contribution in [0.5, 0.6) is 0 Å². The molecular formula is C15H14N4OS. The van der Waals surface area contributed by atoms with Crippen LogP contribution in [0.15, 0.2) is 30.6 Å². The Morgan fingerprint density at radius 2 is 2.29 bits per heavy atom. The van der Waals surface area contributed by atoms with Gasteiger partial charge in [0.25, 0.3) is 5.91 Å². The SMILES string of the molecule is C=C1NC(=O)C(C)(C#Cc2cccc3nc(NC)sc23)N1. The summed E-state index contributed by atoms with van der Waals surface area (Å²) in [7, 11) is 1.84. The van der Waals surface area contributed by atoms with Crippen LogP contribution < -0.4 is 16.0 Å². The number of nitrogens with one attached hydrogen (secondary N) is 3. The molecule has 2 aromatic rings. The highest BCUT2D eigenvalue weighted by Gasteiger charge is 2.37. The second-order valence-corrected chi connectivity index (χ2v) is 5.85. The molecule has 1 amide bonds. The van der Waals surface area contributed by atoms with E-state index in [0.717, 1.165) is 20.9 Å². The third-order valence-corrected chi connectivity index (χ3v) is 4.32. The van der Waals surface area contributed by atoms with Crippen molar-refractivity contribution in [1.29, 1.82) is 0 Å². The molecule has 3 rings (SSSR count). The fourth-order valence-corrected chi connectivity index (χ4v) is 2.97. The van der Waals surface area contributed by atoms with Gasteiger partial charge < -0.3 is 16.0 Å². The minimum Gasteiger partial charge on any atom is -0.365 e. The van der Waals surface area contributed by atoms with Gasteiger partial charge in [-0.2, -0.15) is 0 Å². The molecule has 2 heterocycles. The Morgan fingerprint density at radius 3 is 2.95 bits per heavy atom. The van der Waals surface area contributed by atoms with Gasteiger partial charge in [-0.05, 0) is 19.1 Å². The molecule has 1 atom stereocenters. The van der Waals surface area contributed by atoms with Gasteiger partial charge in [0.2, 0.25) is 0 Å². The van der Waals surface area contributed by atoms with Crippen LogP contribution in [-0.2, 0) is 4.79 Å². The largest absolute Gasteiger partial charge is 0.365 e. The number of thiazole rings is 1. The molecule has 3 N–H and O–H groups in total. The fraction of sp³-hybridized carbons (Fsp3) is 0.200. The number of hydrogen-bond donors (Lipinski definition) is 3. The normalized spacial score (nSPS) is 20.7. The Hall–Kier alpha value is -2.52. The summed E-state index contributed by atoms with van der Waals surface area (Å²) < 4.78 is 1.01. The highest BCUT2D eigenvalue weighted by atomic mass is 32.1. The molecule has 0 saturated carbocycles. The van der Waals surface area contributed by atoms with Gasteiger partial charge in [-0.25, -0.2) is 4.98 Å². The molecule has 1 aromatic heterocycles. The third-order valence-electron chi connectivity index (χ3n) is 3.20. The van der Waals surface area contributed by atoms with E-state index in [1.54, 1.807) is 18.3 Å². The molecular weight excluding hydrogens is 284 g/mol. The van der Waals surface area contributed by atoms with Crippen molar-refractivity contribution >= 4 is 32.6 Å². The third kappa shape index (κ3) is 2.32. The number of carbonyl (C=O) groups excluding carboxylic acids is 1. The number of hydrogen-bond acceptors (Lipinski definition) is 5. The molecule has 1 unspecified atom stereocenters. The average molecular weight is 298 g/mol. The second-order valence-electron chi connectivity index (χ2n) is 4.86. The maximum atomic E-state index is 11.9. The predicted octanol–water partition coefficient (Wildman–Crippen LogP) is 1.64. The molecule has 1 saturated heterocycles. The van der Waals surface area contributed by atoms with Gasteiger partial charge in [0.05, 0.1) is 16.0 Å². The second kappa shape index (κ2) is 4.79. The zero-order valence-corrected chi connectivity index (χ0v) is 12.5. The van der Waals surface area contributed by atoms with E-state index in [1.165, 1.54) is 0 Å². The van der Waals surface area contributed by atoms with Gasteiger partial charge in [-0.1, -0.05) is 35.8 Å². The Labute approximate surface area is 126 Å². The van der Waals surface area contributed by atoms with E-state index in [9.17, 15) is 4.79 Å². The van der Waals surface area contributed by atoms with E-state index in [-0.39, 0.29) is 5.91 Å². The van der Waals surface area contributed by atoms with Crippen LogP contribution >= 0.6 is 11.3 Å². The van der Waals surface area contributed by atoms with Gasteiger partial charge in [-0.15, -0.1) is 0 Å². The van der Waals surface area contributed by atoms with Crippen LogP contribution in [0.2, 0.25) is 0 Å². The molecule has 106 valence electrons. The van der Waals surface area contributed by atoms with Crippen LogP contribution in [0, 0.1) is 11.8 Å². The van der Waals surface area contributed by atoms with Crippen molar-refractivity contribution < 1.29 is 4.79 Å². The molecule has 0 radical (unpaired) electrons. The van der Waals surface area contributed by atoms with Gasteiger partial charge in [0.15, 0.2) is 10.7 Å². The van der Waals surface area contributed by atoms with Crippen LogP contribution in [0.3, 0.4) is 0 Å². The lowest BCUT2D eigenvalue weighted by molar-refractivity contribution is -0.121. The van der Waals surface area contributed by atoms with E-state index in [4.69, 9.17) is 0 Å². The molecule has 1 aliphatic rings. The molecule has 1 aliphatic heterocycles. The zero-order chi connectivity index (χ0) is 15.0. The van der Waals surface area contributed by atoms with Crippen LogP contribution in [0.4, 0.5) is 5.13 Å². The zero-order valence-electron chi connectivity index (χ0n) is 11.7. The lowest BCUT2D eigenvalue weighted by atomic mass is 10.0. The number of benzene rings is 1. The number of anilines is 1. The number of aromatic nitrogens is 1. The number of amides is 1. The number of nitrogens with zero attached hydrogens (tertiary/aromatic N) is 1. The quantitative estimate of drug-likeness (QED) is 0.700. The molecule has 5 nitrogen and oxygen atoms in total. The fourth-order valence-electron chi connectivity index (χ4n) is 2.09. The van der Waals surface area contributed by atoms with E-state index >= 15 is 0 Å². The highest BCUT2D eigenvalue weighted by Crippen LogP contribution is 2.28. The smallest absolute Gasteiger partial charge is 0.263 e. The van der Waals surface area contributed by atoms with Crippen molar-refractivity contribution in [3.05, 3.63) is 36.2 Å². The summed E-state index contributed by atoms with van der Waals surface area (Å²) in [5.74, 6) is 6.37. The molecule has 0 bridgehead atoms. The topological polar surface area (TPSA) is 66.0 Å². The summed E-state index contributed by atoms with van der Waals surface area (Å²) in [4.78, 5) is 16.3. The standard InChI is InChI=1S/C15H14N4OS/c1-9-17-13(20)15(2,19-9)8-7-10-5-4-6-11-12(10)21-14(16-3)18-11/h4-6,19H,1H2,2-3H3,(H,16,18)(H,17,20). The van der Waals surface area contributed by atoms with Crippen LogP contribution in [-0.4, -0.2) is 23.5 Å². The Kier molecular flexibility index (Phi) is 3.07. The summed E-state index contributed by atoms with van der Waals surface area (Å²) in [5, 5.41) is 9.46. The average Bonchev–Trinajstić information content (AvgIpc) is 2.98. The van der Waals surface area contributed by atoms with Gasteiger partial charge >= 0.3 is 0 Å². The summed E-state index contributed by atoms with van der Waals surface area (Å²) >= 11 is 1.54. The van der Waals surface area contributed by atoms with E-state index in [2.05, 4.69) is 39.4 Å². The number of fused-ring (bicyclic) bond motifs is 1. The van der Waals surface area contributed by atoms with Crippen molar-refractivity contribution in [2.75, 3.05) is 12.4 Å². The minimum atomic E-state index is -0.949. The maximum Gasteiger partial charge on any atom is 0.263 e. The first-order valence-electron chi connectivity index (χ1n) is 6.41. The van der Waals surface area contributed by atoms with Crippen molar-refractivity contribution in [2.45, 2.75) is 12.5 Å². The lowest BCUT2D eigenvalue weighted by Gasteiger charge is -2.12. The predicted molar refractivity (Wildman–Crippen MR) is 84.9 cm³/mol. The summed E-state index contributed by atoms with van der Waals surface area (Å²) in [6, 6.07) is 5.79. The first-order chi connectivity index (χ1) is 10.0. The van der Waals surface area contributed by atoms with Gasteiger partial charge in [0.1, 0.15) is 0 Å². The van der Waals surface area contributed by atoms with Crippen molar-refractivity contribution in [3.8, 4) is 11.8 Å². The van der Waals surface area contributed by atoms with Crippen molar-refractivity contribution in [1.82, 2.24) is 15.6 Å². The summed E-state index contributed by atoms with van der Waals surface area (Å²) in [6.07, 6.45) is 0.